The lowest BCUT2D eigenvalue weighted by Crippen LogP contribution is -2.16. The number of nitrogens with zero attached hydrogens (tertiary/aromatic N) is 1. The smallest absolute Gasteiger partial charge is 0.418 e. The number of carboxylic acids is 1. The molecule has 0 spiro atoms. The molecule has 0 aliphatic rings. The summed E-state index contributed by atoms with van der Waals surface area (Å²) in [4.78, 5) is 13.5. The maximum atomic E-state index is 12.4. The minimum atomic E-state index is -5.06. The van der Waals surface area contributed by atoms with E-state index in [0.717, 1.165) is 0 Å². The first-order chi connectivity index (χ1) is 7.64. The van der Waals surface area contributed by atoms with Gasteiger partial charge in [-0.1, -0.05) is 0 Å². The first kappa shape index (κ1) is 13.8. The minimum absolute atomic E-state index is 0.0746. The summed E-state index contributed by atoms with van der Waals surface area (Å²) >= 11 is 2.50. The number of carbonyl (C=O) groups is 1. The summed E-state index contributed by atoms with van der Waals surface area (Å²) in [7, 11) is 0. The van der Waals surface area contributed by atoms with Crippen molar-refractivity contribution in [3.8, 4) is 0 Å². The van der Waals surface area contributed by atoms with E-state index in [2.05, 4.69) is 20.9 Å². The van der Waals surface area contributed by atoms with Gasteiger partial charge in [0.15, 0.2) is 5.69 Å². The zero-order valence-corrected chi connectivity index (χ0v) is 9.31. The predicted octanol–water partition coefficient (Wildman–Crippen LogP) is 3.50. The monoisotopic (exact) mass is 319 g/mol. The molecule has 1 aromatic heterocycles. The molecule has 0 radical (unpaired) electrons. The van der Waals surface area contributed by atoms with Crippen LogP contribution in [0.2, 0.25) is 0 Å². The summed E-state index contributed by atoms with van der Waals surface area (Å²) < 4.78 is 61.3. The molecule has 94 valence electrons. The number of hydrogen-bond donors (Lipinski definition) is 1. The molecule has 0 saturated heterocycles. The molecule has 1 heterocycles. The molecule has 0 aromatic carbocycles. The Bertz CT molecular complexity index is 460. The van der Waals surface area contributed by atoms with Crippen molar-refractivity contribution in [2.75, 3.05) is 0 Å². The number of aromatic carboxylic acids is 1. The number of alkyl halides is 5. The van der Waals surface area contributed by atoms with Gasteiger partial charge in [0, 0.05) is 0 Å². The van der Waals surface area contributed by atoms with Crippen molar-refractivity contribution in [1.29, 1.82) is 0 Å². The fraction of sp³-hybridized carbons (Fsp3) is 0.250. The van der Waals surface area contributed by atoms with E-state index in [4.69, 9.17) is 5.11 Å². The zero-order valence-electron chi connectivity index (χ0n) is 7.73. The summed E-state index contributed by atoms with van der Waals surface area (Å²) in [6.45, 7) is 0. The van der Waals surface area contributed by atoms with E-state index in [9.17, 15) is 26.7 Å². The highest BCUT2D eigenvalue weighted by Crippen LogP contribution is 2.36. The molecular formula is C8H3BrF5NO2. The standard InChI is InChI=1S/C8H3BrF5NO2/c9-5-2(6(10)11)1-3(8(12,13)14)4(15-5)7(16)17/h1,6H,(H,16,17). The van der Waals surface area contributed by atoms with Crippen molar-refractivity contribution in [3.63, 3.8) is 0 Å². The van der Waals surface area contributed by atoms with Gasteiger partial charge < -0.3 is 5.11 Å². The van der Waals surface area contributed by atoms with Gasteiger partial charge in [-0.05, 0) is 22.0 Å². The van der Waals surface area contributed by atoms with E-state index in [1.165, 1.54) is 0 Å². The van der Waals surface area contributed by atoms with Gasteiger partial charge in [-0.15, -0.1) is 0 Å². The van der Waals surface area contributed by atoms with E-state index in [1.807, 2.05) is 0 Å². The Labute approximate surface area is 99.4 Å². The number of carboxylic acid groups (broad SMARTS) is 1. The number of pyridine rings is 1. The van der Waals surface area contributed by atoms with Crippen molar-refractivity contribution >= 4 is 21.9 Å². The fourth-order valence-electron chi connectivity index (χ4n) is 1.04. The number of hydrogen-bond acceptors (Lipinski definition) is 2. The van der Waals surface area contributed by atoms with Crippen LogP contribution in [0.1, 0.15) is 28.0 Å². The molecule has 1 aromatic rings. The van der Waals surface area contributed by atoms with Crippen LogP contribution in [-0.2, 0) is 6.18 Å². The third-order valence-electron chi connectivity index (χ3n) is 1.75. The second-order valence-electron chi connectivity index (χ2n) is 2.87. The van der Waals surface area contributed by atoms with E-state index in [0.29, 0.717) is 0 Å². The minimum Gasteiger partial charge on any atom is -0.476 e. The highest BCUT2D eigenvalue weighted by molar-refractivity contribution is 9.10. The van der Waals surface area contributed by atoms with Gasteiger partial charge in [0.05, 0.1) is 11.1 Å². The zero-order chi connectivity index (χ0) is 13.4. The van der Waals surface area contributed by atoms with E-state index in [-0.39, 0.29) is 6.07 Å². The van der Waals surface area contributed by atoms with Crippen LogP contribution in [0.15, 0.2) is 10.7 Å². The molecule has 0 aliphatic carbocycles. The second kappa shape index (κ2) is 4.55. The highest BCUT2D eigenvalue weighted by atomic mass is 79.9. The average molecular weight is 320 g/mol. The molecule has 0 atom stereocenters. The van der Waals surface area contributed by atoms with Gasteiger partial charge in [0.2, 0.25) is 0 Å². The summed E-state index contributed by atoms with van der Waals surface area (Å²) in [5.74, 6) is -1.95. The third kappa shape index (κ3) is 2.90. The Balaban J connectivity index is 3.54. The van der Waals surface area contributed by atoms with Crippen molar-refractivity contribution in [3.05, 3.63) is 27.5 Å². The fourth-order valence-corrected chi connectivity index (χ4v) is 1.50. The molecule has 9 heteroatoms. The molecule has 1 rings (SSSR count). The molecule has 17 heavy (non-hydrogen) atoms. The van der Waals surface area contributed by atoms with Crippen LogP contribution in [-0.4, -0.2) is 16.1 Å². The summed E-state index contributed by atoms with van der Waals surface area (Å²) in [6, 6.07) is 0.0746. The van der Waals surface area contributed by atoms with Crippen molar-refractivity contribution in [1.82, 2.24) is 4.98 Å². The Morgan fingerprint density at radius 2 is 1.94 bits per heavy atom. The van der Waals surface area contributed by atoms with Crippen LogP contribution in [0, 0.1) is 0 Å². The van der Waals surface area contributed by atoms with Crippen molar-refractivity contribution in [2.45, 2.75) is 12.6 Å². The van der Waals surface area contributed by atoms with E-state index in [1.54, 1.807) is 0 Å². The largest absolute Gasteiger partial charge is 0.476 e. The predicted molar refractivity (Wildman–Crippen MR) is 48.9 cm³/mol. The molecule has 0 unspecified atom stereocenters. The topological polar surface area (TPSA) is 50.2 Å². The first-order valence-electron chi connectivity index (χ1n) is 3.93. The second-order valence-corrected chi connectivity index (χ2v) is 3.62. The van der Waals surface area contributed by atoms with Crippen LogP contribution in [0.25, 0.3) is 0 Å². The van der Waals surface area contributed by atoms with Crippen LogP contribution in [0.3, 0.4) is 0 Å². The summed E-state index contributed by atoms with van der Waals surface area (Å²) in [5, 5.41) is 8.51. The first-order valence-corrected chi connectivity index (χ1v) is 4.73. The number of aromatic nitrogens is 1. The van der Waals surface area contributed by atoms with Crippen LogP contribution >= 0.6 is 15.9 Å². The van der Waals surface area contributed by atoms with Crippen LogP contribution in [0.4, 0.5) is 22.0 Å². The lowest BCUT2D eigenvalue weighted by Gasteiger charge is -2.12. The van der Waals surface area contributed by atoms with Gasteiger partial charge >= 0.3 is 12.1 Å². The lowest BCUT2D eigenvalue weighted by atomic mass is 10.1. The van der Waals surface area contributed by atoms with Crippen LogP contribution in [0.5, 0.6) is 0 Å². The third-order valence-corrected chi connectivity index (χ3v) is 2.38. The lowest BCUT2D eigenvalue weighted by molar-refractivity contribution is -0.138. The summed E-state index contributed by atoms with van der Waals surface area (Å²) in [6.07, 6.45) is -8.26. The summed E-state index contributed by atoms with van der Waals surface area (Å²) in [5.41, 5.74) is -4.04. The Kier molecular flexibility index (Phi) is 3.70. The van der Waals surface area contributed by atoms with Gasteiger partial charge in [-0.2, -0.15) is 13.2 Å². The Hall–Kier alpha value is -1.25. The average Bonchev–Trinajstić information content (AvgIpc) is 2.14. The van der Waals surface area contributed by atoms with Gasteiger partial charge in [-0.25, -0.2) is 18.6 Å². The number of rotatable bonds is 2. The van der Waals surface area contributed by atoms with Crippen molar-refractivity contribution in [2.24, 2.45) is 0 Å². The van der Waals surface area contributed by atoms with Gasteiger partial charge in [0.25, 0.3) is 6.43 Å². The quantitative estimate of drug-likeness (QED) is 0.670. The molecule has 0 amide bonds. The molecule has 1 N–H and O–H groups in total. The maximum absolute atomic E-state index is 12.4. The molecule has 0 bridgehead atoms. The van der Waals surface area contributed by atoms with E-state index >= 15 is 0 Å². The van der Waals surface area contributed by atoms with Crippen LogP contribution < -0.4 is 0 Å². The highest BCUT2D eigenvalue weighted by Gasteiger charge is 2.38. The number of halogens is 6. The SMILES string of the molecule is O=C(O)c1nc(Br)c(C(F)F)cc1C(F)(F)F. The van der Waals surface area contributed by atoms with Gasteiger partial charge in [-0.3, -0.25) is 0 Å². The van der Waals surface area contributed by atoms with E-state index < -0.39 is 40.0 Å². The normalized spacial score (nSPS) is 11.9. The maximum Gasteiger partial charge on any atom is 0.418 e. The molecule has 0 saturated carbocycles. The van der Waals surface area contributed by atoms with Crippen molar-refractivity contribution < 1.29 is 31.9 Å². The molecule has 3 nitrogen and oxygen atoms in total. The Morgan fingerprint density at radius 3 is 2.29 bits per heavy atom. The molecule has 0 fully saturated rings. The molecular weight excluding hydrogens is 317 g/mol. The molecule has 0 aliphatic heterocycles. The Morgan fingerprint density at radius 1 is 1.41 bits per heavy atom. The van der Waals surface area contributed by atoms with Gasteiger partial charge in [0.1, 0.15) is 4.60 Å².